The van der Waals surface area contributed by atoms with Crippen LogP contribution < -0.4 is 0 Å². The maximum atomic E-state index is 3.44. The molecule has 0 unspecified atom stereocenters. The summed E-state index contributed by atoms with van der Waals surface area (Å²) in [5.41, 5.74) is 0. The third kappa shape index (κ3) is 0.829. The van der Waals surface area contributed by atoms with Gasteiger partial charge in [0.15, 0.2) is 0 Å². The zero-order valence-corrected chi connectivity index (χ0v) is 5.18. The van der Waals surface area contributed by atoms with Crippen molar-refractivity contribution in [1.29, 1.82) is 0 Å². The first-order valence-corrected chi connectivity index (χ1v) is 3.68. The molecule has 0 spiro atoms. The molecule has 0 atom stereocenters. The number of hydrogen-bond donors (Lipinski definition) is 0. The molecule has 0 saturated carbocycles. The van der Waals surface area contributed by atoms with E-state index in [1.54, 1.807) is 0 Å². The van der Waals surface area contributed by atoms with Crippen molar-refractivity contribution in [3.63, 3.8) is 0 Å². The van der Waals surface area contributed by atoms with Crippen LogP contribution in [-0.4, -0.2) is 16.3 Å². The van der Waals surface area contributed by atoms with E-state index in [1.165, 1.54) is 11.5 Å². The fraction of sp³-hybridized carbons (Fsp3) is 1.00. The molecule has 0 aliphatic carbocycles. The Hall–Kier alpha value is 0.830. The van der Waals surface area contributed by atoms with Gasteiger partial charge in [0.25, 0.3) is 0 Å². The van der Waals surface area contributed by atoms with E-state index in [1.807, 2.05) is 11.8 Å². The van der Waals surface area contributed by atoms with E-state index in [9.17, 15) is 0 Å². The van der Waals surface area contributed by atoms with Crippen LogP contribution in [-0.2, 0) is 0 Å². The first-order chi connectivity index (χ1) is 2.39. The lowest BCUT2D eigenvalue weighted by atomic mass is 10.5. The minimum absolute atomic E-state index is 0.840. The van der Waals surface area contributed by atoms with Crippen LogP contribution in [0.2, 0.25) is 0 Å². The Morgan fingerprint density at radius 1 is 1.60 bits per heavy atom. The highest BCUT2D eigenvalue weighted by molar-refractivity contribution is 9.09. The third-order valence-corrected chi connectivity index (χ3v) is 3.38. The van der Waals surface area contributed by atoms with E-state index in [4.69, 9.17) is 0 Å². The summed E-state index contributed by atoms with van der Waals surface area (Å²) in [4.78, 5) is 0.840. The molecular weight excluding hydrogens is 148 g/mol. The topological polar surface area (TPSA) is 0 Å². The van der Waals surface area contributed by atoms with Crippen LogP contribution in [0.4, 0.5) is 0 Å². The summed E-state index contributed by atoms with van der Waals surface area (Å²) < 4.78 is 0. The highest BCUT2D eigenvalue weighted by atomic mass is 79.9. The van der Waals surface area contributed by atoms with Crippen LogP contribution in [0.15, 0.2) is 0 Å². The number of hydrogen-bond acceptors (Lipinski definition) is 1. The molecule has 1 aliphatic heterocycles. The van der Waals surface area contributed by atoms with E-state index in [2.05, 4.69) is 15.9 Å². The Morgan fingerprint density at radius 2 is 2.00 bits per heavy atom. The van der Waals surface area contributed by atoms with Crippen LogP contribution in [0, 0.1) is 0 Å². The Balaban J connectivity index is 2.08. The SMILES string of the molecule is BrC1CSC1. The van der Waals surface area contributed by atoms with Gasteiger partial charge in [-0.15, -0.1) is 0 Å². The molecule has 30 valence electrons. The summed E-state index contributed by atoms with van der Waals surface area (Å²) in [6.45, 7) is 0. The molecule has 1 rings (SSSR count). The fourth-order valence-electron chi connectivity index (χ4n) is 0.207. The van der Waals surface area contributed by atoms with Crippen molar-refractivity contribution < 1.29 is 0 Å². The van der Waals surface area contributed by atoms with Crippen molar-refractivity contribution in [1.82, 2.24) is 0 Å². The lowest BCUT2D eigenvalue weighted by Gasteiger charge is -2.16. The van der Waals surface area contributed by atoms with Gasteiger partial charge in [0.05, 0.1) is 0 Å². The minimum atomic E-state index is 0.840. The van der Waals surface area contributed by atoms with Gasteiger partial charge in [-0.1, -0.05) is 15.9 Å². The number of thioether (sulfide) groups is 1. The monoisotopic (exact) mass is 152 g/mol. The standard InChI is InChI=1S/C3H5BrS/c4-3-1-5-2-3/h3H,1-2H2. The van der Waals surface area contributed by atoms with Gasteiger partial charge in [-0.05, 0) is 0 Å². The Bertz CT molecular complexity index is 33.9. The Morgan fingerprint density at radius 3 is 2.00 bits per heavy atom. The molecule has 0 aromatic rings. The van der Waals surface area contributed by atoms with Crippen LogP contribution in [0.1, 0.15) is 0 Å². The maximum absolute atomic E-state index is 3.44. The predicted molar refractivity (Wildman–Crippen MR) is 30.0 cm³/mol. The van der Waals surface area contributed by atoms with Crippen molar-refractivity contribution in [3.8, 4) is 0 Å². The van der Waals surface area contributed by atoms with Crippen molar-refractivity contribution >= 4 is 27.7 Å². The summed E-state index contributed by atoms with van der Waals surface area (Å²) in [5, 5.41) is 0. The average Bonchev–Trinajstić information content (AvgIpc) is 1.30. The van der Waals surface area contributed by atoms with Gasteiger partial charge in [0.1, 0.15) is 0 Å². The Labute approximate surface area is 44.5 Å². The average molecular weight is 153 g/mol. The molecule has 0 nitrogen and oxygen atoms in total. The molecule has 1 aliphatic rings. The van der Waals surface area contributed by atoms with Gasteiger partial charge >= 0.3 is 0 Å². The predicted octanol–water partition coefficient (Wildman–Crippen LogP) is 1.50. The molecule has 0 N–H and O–H groups in total. The van der Waals surface area contributed by atoms with Gasteiger partial charge in [0, 0.05) is 16.3 Å². The van der Waals surface area contributed by atoms with Crippen molar-refractivity contribution in [2.24, 2.45) is 0 Å². The lowest BCUT2D eigenvalue weighted by Crippen LogP contribution is -2.15. The normalized spacial score (nSPS) is 25.8. The second-order valence-electron chi connectivity index (χ2n) is 1.13. The van der Waals surface area contributed by atoms with Gasteiger partial charge in [-0.3, -0.25) is 0 Å². The molecule has 0 aromatic carbocycles. The first-order valence-electron chi connectivity index (χ1n) is 1.61. The van der Waals surface area contributed by atoms with Crippen molar-refractivity contribution in [3.05, 3.63) is 0 Å². The third-order valence-electron chi connectivity index (χ3n) is 0.597. The molecule has 1 heterocycles. The molecule has 0 radical (unpaired) electrons. The van der Waals surface area contributed by atoms with E-state index >= 15 is 0 Å². The molecule has 2 heteroatoms. The number of alkyl halides is 1. The minimum Gasteiger partial charge on any atom is -0.160 e. The molecule has 5 heavy (non-hydrogen) atoms. The van der Waals surface area contributed by atoms with E-state index in [0.29, 0.717) is 0 Å². The molecule has 0 aromatic heterocycles. The lowest BCUT2D eigenvalue weighted by molar-refractivity contribution is 1.11. The summed E-state index contributed by atoms with van der Waals surface area (Å²) in [7, 11) is 0. The zero-order valence-electron chi connectivity index (χ0n) is 2.78. The van der Waals surface area contributed by atoms with E-state index in [-0.39, 0.29) is 0 Å². The van der Waals surface area contributed by atoms with Crippen LogP contribution in [0.3, 0.4) is 0 Å². The smallest absolute Gasteiger partial charge is 0.0326 e. The van der Waals surface area contributed by atoms with E-state index in [0.717, 1.165) is 4.83 Å². The second-order valence-corrected chi connectivity index (χ2v) is 3.50. The fourth-order valence-corrected chi connectivity index (χ4v) is 1.74. The second kappa shape index (κ2) is 1.52. The van der Waals surface area contributed by atoms with Gasteiger partial charge in [-0.25, -0.2) is 0 Å². The summed E-state index contributed by atoms with van der Waals surface area (Å²) in [6, 6.07) is 0. The highest BCUT2D eigenvalue weighted by Crippen LogP contribution is 2.23. The maximum Gasteiger partial charge on any atom is 0.0326 e. The van der Waals surface area contributed by atoms with Crippen molar-refractivity contribution in [2.45, 2.75) is 4.83 Å². The molecule has 1 saturated heterocycles. The van der Waals surface area contributed by atoms with Gasteiger partial charge in [-0.2, -0.15) is 11.8 Å². The van der Waals surface area contributed by atoms with E-state index < -0.39 is 0 Å². The number of halogens is 1. The van der Waals surface area contributed by atoms with Crippen molar-refractivity contribution in [2.75, 3.05) is 11.5 Å². The first kappa shape index (κ1) is 4.00. The molecular formula is C3H5BrS. The highest BCUT2D eigenvalue weighted by Gasteiger charge is 2.12. The summed E-state index contributed by atoms with van der Waals surface area (Å²) in [6.07, 6.45) is 0. The van der Waals surface area contributed by atoms with Gasteiger partial charge < -0.3 is 0 Å². The molecule has 0 bridgehead atoms. The molecule has 1 fully saturated rings. The van der Waals surface area contributed by atoms with Gasteiger partial charge in [0.2, 0.25) is 0 Å². The largest absolute Gasteiger partial charge is 0.160 e. The Kier molecular flexibility index (Phi) is 1.22. The quantitative estimate of drug-likeness (QED) is 0.475. The van der Waals surface area contributed by atoms with Crippen LogP contribution >= 0.6 is 27.7 Å². The zero-order chi connectivity index (χ0) is 3.70. The summed E-state index contributed by atoms with van der Waals surface area (Å²) in [5.74, 6) is 2.64. The summed E-state index contributed by atoms with van der Waals surface area (Å²) >= 11 is 5.44. The van der Waals surface area contributed by atoms with Crippen LogP contribution in [0.5, 0.6) is 0 Å². The number of rotatable bonds is 0. The molecule has 0 amide bonds. The van der Waals surface area contributed by atoms with Crippen LogP contribution in [0.25, 0.3) is 0 Å².